The van der Waals surface area contributed by atoms with E-state index >= 15 is 0 Å². The van der Waals surface area contributed by atoms with Crippen LogP contribution in [0.4, 0.5) is 0 Å². The lowest BCUT2D eigenvalue weighted by Crippen LogP contribution is -2.24. The van der Waals surface area contributed by atoms with E-state index < -0.39 is 0 Å². The first-order chi connectivity index (χ1) is 8.63. The van der Waals surface area contributed by atoms with Gasteiger partial charge in [-0.05, 0) is 30.7 Å². The van der Waals surface area contributed by atoms with Crippen LogP contribution in [0.15, 0.2) is 18.2 Å². The zero-order valence-electron chi connectivity index (χ0n) is 10.9. The summed E-state index contributed by atoms with van der Waals surface area (Å²) in [4.78, 5) is 0. The molecule has 1 aromatic carbocycles. The molecule has 0 aromatic heterocycles. The SMILES string of the molecule is CC(C)NCCCOCc1ccc(C#N)cc1Cl. The van der Waals surface area contributed by atoms with Gasteiger partial charge in [-0.15, -0.1) is 0 Å². The molecule has 0 fully saturated rings. The Hall–Kier alpha value is -1.08. The Labute approximate surface area is 114 Å². The van der Waals surface area contributed by atoms with Crippen LogP contribution in [-0.2, 0) is 11.3 Å². The van der Waals surface area contributed by atoms with Gasteiger partial charge in [0, 0.05) is 17.7 Å². The molecule has 0 radical (unpaired) electrons. The maximum atomic E-state index is 8.72. The van der Waals surface area contributed by atoms with Crippen molar-refractivity contribution in [3.05, 3.63) is 34.3 Å². The van der Waals surface area contributed by atoms with E-state index in [2.05, 4.69) is 25.2 Å². The fourth-order valence-corrected chi connectivity index (χ4v) is 1.72. The molecule has 3 nitrogen and oxygen atoms in total. The monoisotopic (exact) mass is 266 g/mol. The Morgan fingerprint density at radius 2 is 2.22 bits per heavy atom. The van der Waals surface area contributed by atoms with Gasteiger partial charge < -0.3 is 10.1 Å². The standard InChI is InChI=1S/C14H19ClN2O/c1-11(2)17-6-3-7-18-10-13-5-4-12(9-16)8-14(13)15/h4-5,8,11,17H,3,6-7,10H2,1-2H3. The van der Waals surface area contributed by atoms with Crippen molar-refractivity contribution in [3.63, 3.8) is 0 Å². The van der Waals surface area contributed by atoms with E-state index in [4.69, 9.17) is 21.6 Å². The number of ether oxygens (including phenoxy) is 1. The van der Waals surface area contributed by atoms with Gasteiger partial charge in [-0.2, -0.15) is 5.26 Å². The fourth-order valence-electron chi connectivity index (χ4n) is 1.48. The smallest absolute Gasteiger partial charge is 0.0992 e. The minimum Gasteiger partial charge on any atom is -0.377 e. The third-order valence-corrected chi connectivity index (χ3v) is 2.81. The molecular weight excluding hydrogens is 248 g/mol. The van der Waals surface area contributed by atoms with Crippen LogP contribution in [-0.4, -0.2) is 19.2 Å². The summed E-state index contributed by atoms with van der Waals surface area (Å²) < 4.78 is 5.55. The van der Waals surface area contributed by atoms with E-state index in [1.165, 1.54) is 0 Å². The molecule has 4 heteroatoms. The summed E-state index contributed by atoms with van der Waals surface area (Å²) in [5.74, 6) is 0. The van der Waals surface area contributed by atoms with Crippen molar-refractivity contribution >= 4 is 11.6 Å². The van der Waals surface area contributed by atoms with Gasteiger partial charge in [0.1, 0.15) is 0 Å². The van der Waals surface area contributed by atoms with E-state index in [-0.39, 0.29) is 0 Å². The van der Waals surface area contributed by atoms with Crippen LogP contribution < -0.4 is 5.32 Å². The number of hydrogen-bond donors (Lipinski definition) is 1. The minimum atomic E-state index is 0.492. The lowest BCUT2D eigenvalue weighted by Gasteiger charge is -2.09. The van der Waals surface area contributed by atoms with E-state index in [0.29, 0.717) is 29.8 Å². The lowest BCUT2D eigenvalue weighted by molar-refractivity contribution is 0.118. The highest BCUT2D eigenvalue weighted by molar-refractivity contribution is 6.31. The zero-order chi connectivity index (χ0) is 13.4. The molecule has 0 saturated heterocycles. The molecule has 18 heavy (non-hydrogen) atoms. The largest absolute Gasteiger partial charge is 0.377 e. The normalized spacial score (nSPS) is 10.6. The van der Waals surface area contributed by atoms with Crippen LogP contribution >= 0.6 is 11.6 Å². The van der Waals surface area contributed by atoms with Crippen LogP contribution in [0.3, 0.4) is 0 Å². The summed E-state index contributed by atoms with van der Waals surface area (Å²) in [6.07, 6.45) is 0.978. The molecule has 0 aliphatic carbocycles. The van der Waals surface area contributed by atoms with Crippen LogP contribution in [0.5, 0.6) is 0 Å². The molecule has 0 heterocycles. The maximum absolute atomic E-state index is 8.72. The van der Waals surface area contributed by atoms with Crippen molar-refractivity contribution in [2.75, 3.05) is 13.2 Å². The van der Waals surface area contributed by atoms with Crippen molar-refractivity contribution in [2.45, 2.75) is 32.9 Å². The molecule has 0 aliphatic heterocycles. The molecular formula is C14H19ClN2O. The molecule has 1 aromatic rings. The second-order valence-corrected chi connectivity index (χ2v) is 4.84. The number of halogens is 1. The van der Waals surface area contributed by atoms with E-state index in [1.807, 2.05) is 6.07 Å². The van der Waals surface area contributed by atoms with Crippen LogP contribution in [0.25, 0.3) is 0 Å². The van der Waals surface area contributed by atoms with Crippen molar-refractivity contribution in [2.24, 2.45) is 0 Å². The molecule has 0 atom stereocenters. The van der Waals surface area contributed by atoms with Gasteiger partial charge >= 0.3 is 0 Å². The number of nitrogens with one attached hydrogen (secondary N) is 1. The first-order valence-corrected chi connectivity index (χ1v) is 6.51. The van der Waals surface area contributed by atoms with E-state index in [9.17, 15) is 0 Å². The van der Waals surface area contributed by atoms with Gasteiger partial charge in [-0.25, -0.2) is 0 Å². The average molecular weight is 267 g/mol. The number of benzene rings is 1. The topological polar surface area (TPSA) is 45.0 Å². The minimum absolute atomic E-state index is 0.492. The molecule has 98 valence electrons. The molecule has 1 N–H and O–H groups in total. The van der Waals surface area contributed by atoms with Crippen molar-refractivity contribution in [3.8, 4) is 6.07 Å². The molecule has 0 unspecified atom stereocenters. The highest BCUT2D eigenvalue weighted by Gasteiger charge is 2.02. The Balaban J connectivity index is 2.25. The quantitative estimate of drug-likeness (QED) is 0.772. The first kappa shape index (κ1) is 15.0. The van der Waals surface area contributed by atoms with Crippen molar-refractivity contribution in [1.29, 1.82) is 5.26 Å². The molecule has 0 amide bonds. The molecule has 1 rings (SSSR count). The summed E-state index contributed by atoms with van der Waals surface area (Å²) >= 11 is 6.05. The second-order valence-electron chi connectivity index (χ2n) is 4.43. The van der Waals surface area contributed by atoms with Gasteiger partial charge in [0.2, 0.25) is 0 Å². The summed E-state index contributed by atoms with van der Waals surface area (Å²) in [5.41, 5.74) is 1.50. The summed E-state index contributed by atoms with van der Waals surface area (Å²) in [7, 11) is 0. The zero-order valence-corrected chi connectivity index (χ0v) is 11.6. The summed E-state index contributed by atoms with van der Waals surface area (Å²) in [6, 6.07) is 7.83. The van der Waals surface area contributed by atoms with Gasteiger partial charge in [-0.3, -0.25) is 0 Å². The molecule has 0 aliphatic rings. The number of nitrogens with zero attached hydrogens (tertiary/aromatic N) is 1. The highest BCUT2D eigenvalue weighted by Crippen LogP contribution is 2.18. The Morgan fingerprint density at radius 1 is 1.44 bits per heavy atom. The van der Waals surface area contributed by atoms with Gasteiger partial charge in [-0.1, -0.05) is 31.5 Å². The predicted octanol–water partition coefficient (Wildman–Crippen LogP) is 3.12. The number of rotatable bonds is 7. The Morgan fingerprint density at radius 3 is 2.83 bits per heavy atom. The molecule has 0 bridgehead atoms. The Bertz CT molecular complexity index is 413. The lowest BCUT2D eigenvalue weighted by atomic mass is 10.1. The van der Waals surface area contributed by atoms with E-state index in [0.717, 1.165) is 18.5 Å². The first-order valence-electron chi connectivity index (χ1n) is 6.13. The van der Waals surface area contributed by atoms with Crippen LogP contribution in [0.1, 0.15) is 31.4 Å². The van der Waals surface area contributed by atoms with E-state index in [1.54, 1.807) is 12.1 Å². The van der Waals surface area contributed by atoms with Gasteiger partial charge in [0.25, 0.3) is 0 Å². The number of hydrogen-bond acceptors (Lipinski definition) is 3. The third kappa shape index (κ3) is 5.50. The summed E-state index contributed by atoms with van der Waals surface area (Å²) in [6.45, 7) is 6.40. The van der Waals surface area contributed by atoms with Crippen LogP contribution in [0, 0.1) is 11.3 Å². The van der Waals surface area contributed by atoms with Gasteiger partial charge in [0.15, 0.2) is 0 Å². The maximum Gasteiger partial charge on any atom is 0.0992 e. The predicted molar refractivity (Wildman–Crippen MR) is 73.6 cm³/mol. The fraction of sp³-hybridized carbons (Fsp3) is 0.500. The van der Waals surface area contributed by atoms with Crippen molar-refractivity contribution < 1.29 is 4.74 Å². The average Bonchev–Trinajstić information content (AvgIpc) is 2.34. The molecule has 0 saturated carbocycles. The highest BCUT2D eigenvalue weighted by atomic mass is 35.5. The van der Waals surface area contributed by atoms with Gasteiger partial charge in [0.05, 0.1) is 18.2 Å². The summed E-state index contributed by atoms with van der Waals surface area (Å²) in [5, 5.41) is 12.6. The van der Waals surface area contributed by atoms with Crippen LogP contribution in [0.2, 0.25) is 5.02 Å². The second kappa shape index (κ2) is 8.10. The molecule has 0 spiro atoms. The Kier molecular flexibility index (Phi) is 6.74. The number of nitriles is 1. The third-order valence-electron chi connectivity index (χ3n) is 2.46. The van der Waals surface area contributed by atoms with Crippen molar-refractivity contribution in [1.82, 2.24) is 5.32 Å².